The van der Waals surface area contributed by atoms with E-state index in [2.05, 4.69) is 37.8 Å². The highest BCUT2D eigenvalue weighted by atomic mass is 16.5. The molecular weight excluding hydrogens is 334 g/mol. The first-order chi connectivity index (χ1) is 13.1. The van der Waals surface area contributed by atoms with E-state index in [-0.39, 0.29) is 0 Å². The van der Waals surface area contributed by atoms with E-state index in [1.165, 1.54) is 0 Å². The summed E-state index contributed by atoms with van der Waals surface area (Å²) in [7, 11) is 0. The second-order valence-corrected chi connectivity index (χ2v) is 7.20. The molecule has 0 saturated carbocycles. The average Bonchev–Trinajstić information content (AvgIpc) is 2.71. The maximum atomic E-state index is 11.4. The number of hydrogen-bond acceptors (Lipinski definition) is 3. The molecule has 27 heavy (non-hydrogen) atoms. The molecule has 0 saturated heterocycles. The maximum absolute atomic E-state index is 11.4. The van der Waals surface area contributed by atoms with Gasteiger partial charge in [-0.15, -0.1) is 0 Å². The molecule has 0 amide bonds. The molecule has 0 radical (unpaired) electrons. The van der Waals surface area contributed by atoms with Gasteiger partial charge in [0.15, 0.2) is 0 Å². The van der Waals surface area contributed by atoms with Gasteiger partial charge in [0.1, 0.15) is 12.4 Å². The highest BCUT2D eigenvalue weighted by molar-refractivity contribution is 5.32. The topological polar surface area (TPSA) is 32.7 Å². The molecule has 0 aliphatic carbocycles. The van der Waals surface area contributed by atoms with Crippen LogP contribution in [0.15, 0.2) is 54.6 Å². The molecule has 3 nitrogen and oxygen atoms in total. The molecule has 0 aliphatic heterocycles. The lowest BCUT2D eigenvalue weighted by Crippen LogP contribution is -2.29. The molecule has 0 bridgehead atoms. The Morgan fingerprint density at radius 1 is 0.926 bits per heavy atom. The number of benzene rings is 2. The Morgan fingerprint density at radius 3 is 2.19 bits per heavy atom. The minimum absolute atomic E-state index is 0.635. The molecule has 2 rings (SSSR count). The normalized spacial score (nSPS) is 13.5. The SMILES string of the molecule is CCCCC(O)(Cc1ccccc1)c1ccc(OCCN(CC)CC)cc1. The van der Waals surface area contributed by atoms with E-state index in [0.717, 1.165) is 55.8 Å². The molecule has 0 fully saturated rings. The fourth-order valence-corrected chi connectivity index (χ4v) is 3.43. The maximum Gasteiger partial charge on any atom is 0.119 e. The molecule has 148 valence electrons. The zero-order valence-corrected chi connectivity index (χ0v) is 17.2. The van der Waals surface area contributed by atoms with Crippen LogP contribution in [0.3, 0.4) is 0 Å². The van der Waals surface area contributed by atoms with E-state index in [9.17, 15) is 5.11 Å². The second kappa shape index (κ2) is 11.1. The first-order valence-electron chi connectivity index (χ1n) is 10.3. The third-order valence-corrected chi connectivity index (χ3v) is 5.25. The van der Waals surface area contributed by atoms with Crippen molar-refractivity contribution in [2.24, 2.45) is 0 Å². The van der Waals surface area contributed by atoms with Gasteiger partial charge in [0.25, 0.3) is 0 Å². The van der Waals surface area contributed by atoms with Crippen molar-refractivity contribution in [1.29, 1.82) is 0 Å². The lowest BCUT2D eigenvalue weighted by molar-refractivity contribution is 0.0253. The van der Waals surface area contributed by atoms with E-state index in [1.807, 2.05) is 42.5 Å². The number of rotatable bonds is 12. The molecule has 1 atom stereocenters. The first-order valence-corrected chi connectivity index (χ1v) is 10.3. The van der Waals surface area contributed by atoms with E-state index >= 15 is 0 Å². The van der Waals surface area contributed by atoms with Gasteiger partial charge in [-0.2, -0.15) is 0 Å². The van der Waals surface area contributed by atoms with Crippen LogP contribution >= 0.6 is 0 Å². The Balaban J connectivity index is 2.05. The number of aliphatic hydroxyl groups is 1. The monoisotopic (exact) mass is 369 g/mol. The molecule has 0 aliphatic rings. The quantitative estimate of drug-likeness (QED) is 0.570. The van der Waals surface area contributed by atoms with Gasteiger partial charge >= 0.3 is 0 Å². The number of hydrogen-bond donors (Lipinski definition) is 1. The van der Waals surface area contributed by atoms with E-state index < -0.39 is 5.60 Å². The third-order valence-electron chi connectivity index (χ3n) is 5.25. The zero-order valence-electron chi connectivity index (χ0n) is 17.2. The van der Waals surface area contributed by atoms with Crippen LogP contribution in [0.1, 0.15) is 51.2 Å². The van der Waals surface area contributed by atoms with Crippen LogP contribution in [0.2, 0.25) is 0 Å². The van der Waals surface area contributed by atoms with Gasteiger partial charge in [-0.1, -0.05) is 76.1 Å². The van der Waals surface area contributed by atoms with Gasteiger partial charge in [-0.05, 0) is 42.8 Å². The first kappa shape index (κ1) is 21.5. The summed E-state index contributed by atoms with van der Waals surface area (Å²) in [5.41, 5.74) is 1.29. The summed E-state index contributed by atoms with van der Waals surface area (Å²) in [6.07, 6.45) is 3.48. The summed E-state index contributed by atoms with van der Waals surface area (Å²) in [5.74, 6) is 0.864. The van der Waals surface area contributed by atoms with Crippen LogP contribution in [0.5, 0.6) is 5.75 Å². The second-order valence-electron chi connectivity index (χ2n) is 7.20. The van der Waals surface area contributed by atoms with E-state index in [4.69, 9.17) is 4.74 Å². The van der Waals surface area contributed by atoms with Gasteiger partial charge in [-0.25, -0.2) is 0 Å². The van der Waals surface area contributed by atoms with Crippen LogP contribution in [0.4, 0.5) is 0 Å². The highest BCUT2D eigenvalue weighted by Gasteiger charge is 2.29. The Morgan fingerprint density at radius 2 is 1.59 bits per heavy atom. The molecule has 2 aromatic rings. The van der Waals surface area contributed by atoms with Crippen LogP contribution in [0.25, 0.3) is 0 Å². The Labute approximate surface area is 165 Å². The van der Waals surface area contributed by atoms with Gasteiger partial charge < -0.3 is 14.7 Å². The van der Waals surface area contributed by atoms with Crippen molar-refractivity contribution in [3.63, 3.8) is 0 Å². The number of nitrogens with zero attached hydrogens (tertiary/aromatic N) is 1. The minimum atomic E-state index is -0.836. The minimum Gasteiger partial charge on any atom is -0.492 e. The van der Waals surface area contributed by atoms with Crippen molar-refractivity contribution in [3.8, 4) is 5.75 Å². The van der Waals surface area contributed by atoms with Crippen LogP contribution < -0.4 is 4.74 Å². The Kier molecular flexibility index (Phi) is 8.83. The van der Waals surface area contributed by atoms with Crippen LogP contribution in [-0.2, 0) is 12.0 Å². The van der Waals surface area contributed by atoms with E-state index in [0.29, 0.717) is 13.0 Å². The molecule has 3 heteroatoms. The van der Waals surface area contributed by atoms with Gasteiger partial charge in [-0.3, -0.25) is 0 Å². The molecule has 0 aromatic heterocycles. The molecular formula is C24H35NO2. The summed E-state index contributed by atoms with van der Waals surface area (Å²) >= 11 is 0. The van der Waals surface area contributed by atoms with Gasteiger partial charge in [0, 0.05) is 13.0 Å². The standard InChI is InChI=1S/C24H35NO2/c1-4-7-17-24(26,20-21-11-9-8-10-12-21)22-13-15-23(16-14-22)27-19-18-25(5-2)6-3/h8-16,26H,4-7,17-20H2,1-3H3. The van der Waals surface area contributed by atoms with Gasteiger partial charge in [0.2, 0.25) is 0 Å². The molecule has 2 aromatic carbocycles. The van der Waals surface area contributed by atoms with E-state index in [1.54, 1.807) is 0 Å². The van der Waals surface area contributed by atoms with Crippen molar-refractivity contribution in [2.45, 2.75) is 52.1 Å². The molecule has 1 unspecified atom stereocenters. The van der Waals surface area contributed by atoms with Crippen molar-refractivity contribution in [1.82, 2.24) is 4.90 Å². The van der Waals surface area contributed by atoms with Crippen LogP contribution in [-0.4, -0.2) is 36.2 Å². The summed E-state index contributed by atoms with van der Waals surface area (Å²) < 4.78 is 5.88. The van der Waals surface area contributed by atoms with Crippen LogP contribution in [0, 0.1) is 0 Å². The number of unbranched alkanes of at least 4 members (excludes halogenated alkanes) is 1. The predicted molar refractivity (Wildman–Crippen MR) is 113 cm³/mol. The van der Waals surface area contributed by atoms with Crippen molar-refractivity contribution < 1.29 is 9.84 Å². The zero-order chi connectivity index (χ0) is 19.5. The lowest BCUT2D eigenvalue weighted by Gasteiger charge is -2.29. The number of ether oxygens (including phenoxy) is 1. The van der Waals surface area contributed by atoms with Crippen molar-refractivity contribution in [3.05, 3.63) is 65.7 Å². The molecule has 0 spiro atoms. The highest BCUT2D eigenvalue weighted by Crippen LogP contribution is 2.32. The summed E-state index contributed by atoms with van der Waals surface area (Å²) in [6, 6.07) is 18.3. The summed E-state index contributed by atoms with van der Waals surface area (Å²) in [6.45, 7) is 10.2. The number of likely N-dealkylation sites (N-methyl/N-ethyl adjacent to an activating group) is 1. The van der Waals surface area contributed by atoms with Gasteiger partial charge in [0.05, 0.1) is 5.60 Å². The summed E-state index contributed by atoms with van der Waals surface area (Å²) in [5, 5.41) is 11.4. The fraction of sp³-hybridized carbons (Fsp3) is 0.500. The molecule has 1 N–H and O–H groups in total. The lowest BCUT2D eigenvalue weighted by atomic mass is 9.83. The largest absolute Gasteiger partial charge is 0.492 e. The predicted octanol–water partition coefficient (Wildman–Crippen LogP) is 5.03. The van der Waals surface area contributed by atoms with Crippen molar-refractivity contribution in [2.75, 3.05) is 26.2 Å². The average molecular weight is 370 g/mol. The fourth-order valence-electron chi connectivity index (χ4n) is 3.43. The third kappa shape index (κ3) is 6.67. The Hall–Kier alpha value is -1.84. The smallest absolute Gasteiger partial charge is 0.119 e. The van der Waals surface area contributed by atoms with Crippen molar-refractivity contribution >= 4 is 0 Å². The Bertz CT molecular complexity index is 637. The summed E-state index contributed by atoms with van der Waals surface area (Å²) in [4.78, 5) is 2.34. The molecule has 0 heterocycles.